The second-order valence-electron chi connectivity index (χ2n) is 1.74. The lowest BCUT2D eigenvalue weighted by atomic mass is 10.3. The maximum absolute atomic E-state index is 10.2. The molecule has 0 aromatic heterocycles. The summed E-state index contributed by atoms with van der Waals surface area (Å²) in [5.74, 6) is -1.20. The summed E-state index contributed by atoms with van der Waals surface area (Å²) < 4.78 is 0. The van der Waals surface area contributed by atoms with Crippen molar-refractivity contribution in [2.24, 2.45) is 0 Å². The molecule has 0 atom stereocenters. The van der Waals surface area contributed by atoms with Gasteiger partial charge in [0.05, 0.1) is 12.7 Å². The van der Waals surface area contributed by atoms with Crippen LogP contribution in [0.2, 0.25) is 0 Å². The Morgan fingerprint density at radius 3 is 2.60 bits per heavy atom. The van der Waals surface area contributed by atoms with Gasteiger partial charge in [-0.15, -0.1) is 0 Å². The molecule has 5 heteroatoms. The smallest absolute Gasteiger partial charge is 0.392 e. The molecule has 0 fully saturated rings. The first-order chi connectivity index (χ1) is 4.57. The summed E-state index contributed by atoms with van der Waals surface area (Å²) in [5.41, 5.74) is 0.279. The highest BCUT2D eigenvalue weighted by Crippen LogP contribution is 1.89. The molecule has 0 aliphatic rings. The van der Waals surface area contributed by atoms with E-state index in [2.05, 4.69) is 0 Å². The second kappa shape index (κ2) is 3.73. The van der Waals surface area contributed by atoms with Crippen LogP contribution in [-0.2, 0) is 4.79 Å². The third kappa shape index (κ3) is 2.93. The normalized spacial score (nSPS) is 11.2. The zero-order valence-corrected chi connectivity index (χ0v) is 5.40. The summed E-state index contributed by atoms with van der Waals surface area (Å²) in [7, 11) is 0. The SMILES string of the molecule is C/C(=C/C(=O)[N+](=O)[O-])CO. The van der Waals surface area contributed by atoms with Crippen LogP contribution in [0.5, 0.6) is 0 Å². The molecule has 0 saturated heterocycles. The van der Waals surface area contributed by atoms with Crippen LogP contribution in [0.25, 0.3) is 0 Å². The van der Waals surface area contributed by atoms with Gasteiger partial charge in [0.1, 0.15) is 4.92 Å². The van der Waals surface area contributed by atoms with E-state index in [1.807, 2.05) is 0 Å². The Bertz CT molecular complexity index is 184. The van der Waals surface area contributed by atoms with Crippen LogP contribution in [0.3, 0.4) is 0 Å². The molecule has 1 N–H and O–H groups in total. The van der Waals surface area contributed by atoms with Crippen molar-refractivity contribution in [1.82, 2.24) is 0 Å². The maximum Gasteiger partial charge on any atom is 0.469 e. The number of carbonyl (C=O) groups excluding carboxylic acids is 1. The summed E-state index contributed by atoms with van der Waals surface area (Å²) in [6.07, 6.45) is 0.792. The first kappa shape index (κ1) is 8.77. The lowest BCUT2D eigenvalue weighted by molar-refractivity contribution is -0.396. The van der Waals surface area contributed by atoms with Gasteiger partial charge in [-0.05, 0) is 12.5 Å². The van der Waals surface area contributed by atoms with E-state index in [9.17, 15) is 14.9 Å². The minimum Gasteiger partial charge on any atom is -0.392 e. The Morgan fingerprint density at radius 1 is 1.80 bits per heavy atom. The number of hydrogen-bond donors (Lipinski definition) is 1. The van der Waals surface area contributed by atoms with Gasteiger partial charge in [-0.2, -0.15) is 0 Å². The molecule has 56 valence electrons. The van der Waals surface area contributed by atoms with Gasteiger partial charge < -0.3 is 5.11 Å². The highest BCUT2D eigenvalue weighted by Gasteiger charge is 2.09. The van der Waals surface area contributed by atoms with E-state index < -0.39 is 10.8 Å². The molecule has 0 aliphatic carbocycles. The molecule has 5 nitrogen and oxygen atoms in total. The maximum atomic E-state index is 10.2. The van der Waals surface area contributed by atoms with Crippen molar-refractivity contribution in [3.05, 3.63) is 21.8 Å². The summed E-state index contributed by atoms with van der Waals surface area (Å²) in [6, 6.07) is 0. The predicted octanol–water partition coefficient (Wildman–Crippen LogP) is -0.272. The monoisotopic (exact) mass is 145 g/mol. The minimum absolute atomic E-state index is 0.279. The number of nitro groups is 1. The molecule has 1 amide bonds. The van der Waals surface area contributed by atoms with Gasteiger partial charge >= 0.3 is 5.91 Å². The van der Waals surface area contributed by atoms with Gasteiger partial charge in [0.25, 0.3) is 0 Å². The first-order valence-electron chi connectivity index (χ1n) is 2.54. The minimum atomic E-state index is -1.20. The number of amides is 1. The molecule has 0 heterocycles. The van der Waals surface area contributed by atoms with E-state index in [1.54, 1.807) is 0 Å². The molecular weight excluding hydrogens is 138 g/mol. The highest BCUT2D eigenvalue weighted by atomic mass is 16.6. The Morgan fingerprint density at radius 2 is 2.30 bits per heavy atom. The van der Waals surface area contributed by atoms with Crippen LogP contribution in [-0.4, -0.2) is 22.5 Å². The molecular formula is C5H7NO4. The number of rotatable bonds is 2. The Labute approximate surface area is 57.1 Å². The van der Waals surface area contributed by atoms with Crippen molar-refractivity contribution in [3.8, 4) is 0 Å². The third-order valence-corrected chi connectivity index (χ3v) is 0.799. The van der Waals surface area contributed by atoms with Gasteiger partial charge in [-0.3, -0.25) is 10.1 Å². The van der Waals surface area contributed by atoms with E-state index in [1.165, 1.54) is 6.92 Å². The fraction of sp³-hybridized carbons (Fsp3) is 0.400. The predicted molar refractivity (Wildman–Crippen MR) is 32.8 cm³/mol. The second-order valence-corrected chi connectivity index (χ2v) is 1.74. The molecule has 0 rings (SSSR count). The van der Waals surface area contributed by atoms with Crippen LogP contribution >= 0.6 is 0 Å². The molecule has 0 radical (unpaired) electrons. The summed E-state index contributed by atoms with van der Waals surface area (Å²) in [6.45, 7) is 1.10. The highest BCUT2D eigenvalue weighted by molar-refractivity contribution is 5.80. The fourth-order valence-electron chi connectivity index (χ4n) is 0.309. The Hall–Kier alpha value is -1.23. The van der Waals surface area contributed by atoms with Crippen LogP contribution in [0.15, 0.2) is 11.6 Å². The summed E-state index contributed by atoms with van der Waals surface area (Å²) in [4.78, 5) is 18.9. The van der Waals surface area contributed by atoms with Gasteiger partial charge in [-0.1, -0.05) is 0 Å². The Kier molecular flexibility index (Phi) is 3.27. The van der Waals surface area contributed by atoms with Gasteiger partial charge in [-0.25, -0.2) is 4.79 Å². The lowest BCUT2D eigenvalue weighted by Gasteiger charge is -1.87. The molecule has 0 aromatic carbocycles. The van der Waals surface area contributed by atoms with E-state index in [0.29, 0.717) is 0 Å². The number of aliphatic hydroxyl groups excluding tert-OH is 1. The Balaban J connectivity index is 4.13. The third-order valence-electron chi connectivity index (χ3n) is 0.799. The van der Waals surface area contributed by atoms with E-state index >= 15 is 0 Å². The molecule has 0 spiro atoms. The van der Waals surface area contributed by atoms with Crippen molar-refractivity contribution in [1.29, 1.82) is 0 Å². The standard InChI is InChI=1S/C5H7NO4/c1-4(3-7)2-5(8)6(9)10/h2,7H,3H2,1H3/b4-2-. The topological polar surface area (TPSA) is 80.4 Å². The molecule has 10 heavy (non-hydrogen) atoms. The van der Waals surface area contributed by atoms with Crippen LogP contribution in [0.1, 0.15) is 6.92 Å². The molecule has 0 aliphatic heterocycles. The zero-order valence-electron chi connectivity index (χ0n) is 5.40. The first-order valence-corrected chi connectivity index (χ1v) is 2.54. The van der Waals surface area contributed by atoms with Crippen molar-refractivity contribution in [2.45, 2.75) is 6.92 Å². The lowest BCUT2D eigenvalue weighted by Crippen LogP contribution is -2.08. The van der Waals surface area contributed by atoms with Crippen molar-refractivity contribution in [2.75, 3.05) is 6.61 Å². The van der Waals surface area contributed by atoms with Gasteiger partial charge in [0, 0.05) is 0 Å². The molecule has 0 aromatic rings. The van der Waals surface area contributed by atoms with Gasteiger partial charge in [0.15, 0.2) is 0 Å². The number of nitrogens with zero attached hydrogens (tertiary/aromatic N) is 1. The number of hydrogen-bond acceptors (Lipinski definition) is 4. The van der Waals surface area contributed by atoms with Gasteiger partial charge in [0.2, 0.25) is 0 Å². The average molecular weight is 145 g/mol. The number of aliphatic hydroxyl groups is 1. The number of carbonyl (C=O) groups is 1. The van der Waals surface area contributed by atoms with Crippen LogP contribution < -0.4 is 0 Å². The average Bonchev–Trinajstić information content (AvgIpc) is 1.87. The van der Waals surface area contributed by atoms with Crippen LogP contribution in [0, 0.1) is 10.1 Å². The molecule has 0 bridgehead atoms. The van der Waals surface area contributed by atoms with Crippen molar-refractivity contribution in [3.63, 3.8) is 0 Å². The van der Waals surface area contributed by atoms with Crippen molar-refractivity contribution < 1.29 is 14.8 Å². The molecule has 0 saturated carbocycles. The quantitative estimate of drug-likeness (QED) is 0.329. The van der Waals surface area contributed by atoms with E-state index in [0.717, 1.165) is 6.08 Å². The van der Waals surface area contributed by atoms with E-state index in [4.69, 9.17) is 5.11 Å². The van der Waals surface area contributed by atoms with Crippen LogP contribution in [0.4, 0.5) is 0 Å². The largest absolute Gasteiger partial charge is 0.469 e. The van der Waals surface area contributed by atoms with Crippen molar-refractivity contribution >= 4 is 5.91 Å². The fourth-order valence-corrected chi connectivity index (χ4v) is 0.309. The summed E-state index contributed by atoms with van der Waals surface area (Å²) in [5, 5.41) is 18.0. The summed E-state index contributed by atoms with van der Waals surface area (Å²) >= 11 is 0. The zero-order chi connectivity index (χ0) is 8.15. The van der Waals surface area contributed by atoms with E-state index in [-0.39, 0.29) is 12.2 Å². The molecule has 0 unspecified atom stereocenters.